The van der Waals surface area contributed by atoms with Crippen LogP contribution in [0.3, 0.4) is 0 Å². The van der Waals surface area contributed by atoms with Gasteiger partial charge in [0.1, 0.15) is 11.6 Å². The Morgan fingerprint density at radius 2 is 2.11 bits per heavy atom. The molecule has 0 radical (unpaired) electrons. The summed E-state index contributed by atoms with van der Waals surface area (Å²) >= 11 is 0. The Kier molecular flexibility index (Phi) is 3.27. The molecule has 2 bridgehead atoms. The molecule has 0 saturated carbocycles. The van der Waals surface area contributed by atoms with Crippen LogP contribution in [-0.2, 0) is 11.2 Å². The van der Waals surface area contributed by atoms with Crippen molar-refractivity contribution in [1.82, 2.24) is 9.88 Å². The second kappa shape index (κ2) is 4.93. The van der Waals surface area contributed by atoms with E-state index in [2.05, 4.69) is 16.9 Å². The maximum absolute atomic E-state index is 12.4. The summed E-state index contributed by atoms with van der Waals surface area (Å²) in [6.45, 7) is 0. The van der Waals surface area contributed by atoms with Gasteiger partial charge in [-0.2, -0.15) is 0 Å². The van der Waals surface area contributed by atoms with Crippen LogP contribution in [0.15, 0.2) is 18.3 Å². The first kappa shape index (κ1) is 12.6. The van der Waals surface area contributed by atoms with E-state index in [-0.39, 0.29) is 5.92 Å². The summed E-state index contributed by atoms with van der Waals surface area (Å²) in [6.07, 6.45) is 6.64. The molecule has 2 aliphatic heterocycles. The molecule has 2 aliphatic rings. The predicted molar refractivity (Wildman–Crippen MR) is 74.7 cm³/mol. The molecule has 3 rings (SSSR count). The van der Waals surface area contributed by atoms with Gasteiger partial charge >= 0.3 is 0 Å². The highest BCUT2D eigenvalue weighted by Gasteiger charge is 2.40. The Morgan fingerprint density at radius 3 is 2.74 bits per heavy atom. The zero-order chi connectivity index (χ0) is 13.4. The first-order valence-electron chi connectivity index (χ1n) is 7.09. The summed E-state index contributed by atoms with van der Waals surface area (Å²) in [7, 11) is 2.20. The third kappa shape index (κ3) is 2.37. The minimum Gasteiger partial charge on any atom is -0.383 e. The molecule has 0 aromatic carbocycles. The van der Waals surface area contributed by atoms with Crippen LogP contribution in [0.2, 0.25) is 0 Å². The summed E-state index contributed by atoms with van der Waals surface area (Å²) in [5, 5.41) is 0. The van der Waals surface area contributed by atoms with Crippen molar-refractivity contribution in [2.24, 2.45) is 5.92 Å². The molecule has 2 fully saturated rings. The molecule has 1 aromatic heterocycles. The van der Waals surface area contributed by atoms with Crippen molar-refractivity contribution >= 4 is 11.6 Å². The van der Waals surface area contributed by atoms with Crippen LogP contribution in [0.5, 0.6) is 0 Å². The lowest BCUT2D eigenvalue weighted by Gasteiger charge is -2.35. The summed E-state index contributed by atoms with van der Waals surface area (Å²) in [4.78, 5) is 19.0. The van der Waals surface area contributed by atoms with Crippen molar-refractivity contribution in [3.8, 4) is 0 Å². The zero-order valence-electron chi connectivity index (χ0n) is 11.4. The van der Waals surface area contributed by atoms with Crippen LogP contribution in [-0.4, -0.2) is 34.8 Å². The maximum Gasteiger partial charge on any atom is 0.140 e. The molecular weight excluding hydrogens is 238 g/mol. The van der Waals surface area contributed by atoms with Gasteiger partial charge in [-0.25, -0.2) is 4.98 Å². The Labute approximate surface area is 114 Å². The summed E-state index contributed by atoms with van der Waals surface area (Å²) in [6, 6.07) is 4.97. The zero-order valence-corrected chi connectivity index (χ0v) is 11.4. The number of carbonyl (C=O) groups excluding carboxylic acids is 1. The number of fused-ring (bicyclic) bond motifs is 2. The Balaban J connectivity index is 1.67. The fraction of sp³-hybridized carbons (Fsp3) is 0.600. The molecule has 0 amide bonds. The van der Waals surface area contributed by atoms with Crippen molar-refractivity contribution in [1.29, 1.82) is 0 Å². The van der Waals surface area contributed by atoms with Gasteiger partial charge in [0, 0.05) is 36.2 Å². The Hall–Kier alpha value is -1.42. The van der Waals surface area contributed by atoms with Crippen LogP contribution >= 0.6 is 0 Å². The van der Waals surface area contributed by atoms with E-state index in [0.29, 0.717) is 30.1 Å². The molecular formula is C15H21N3O. The van der Waals surface area contributed by atoms with Crippen LogP contribution in [0, 0.1) is 5.92 Å². The van der Waals surface area contributed by atoms with Gasteiger partial charge in [0.05, 0.1) is 0 Å². The second-order valence-electron chi connectivity index (χ2n) is 5.91. The normalized spacial score (nSPS) is 30.5. The fourth-order valence-corrected chi connectivity index (χ4v) is 3.61. The molecule has 102 valence electrons. The standard InChI is InChI=1S/C15H21N3O/c1-18-12-4-5-13(18)8-11(7-12)14(19)9-10-3-2-6-17-15(10)16/h2-3,6,11-13H,4-5,7-9H2,1H3,(H2,16,17). The van der Waals surface area contributed by atoms with Crippen molar-refractivity contribution in [2.75, 3.05) is 12.8 Å². The topological polar surface area (TPSA) is 59.2 Å². The van der Waals surface area contributed by atoms with Gasteiger partial charge in [0.25, 0.3) is 0 Å². The summed E-state index contributed by atoms with van der Waals surface area (Å²) in [5.41, 5.74) is 6.69. The first-order valence-corrected chi connectivity index (χ1v) is 7.09. The number of rotatable bonds is 3. The number of Topliss-reactive ketones (excluding diaryl/α,β-unsaturated/α-hetero) is 1. The van der Waals surface area contributed by atoms with E-state index >= 15 is 0 Å². The predicted octanol–water partition coefficient (Wildman–Crippen LogP) is 1.65. The Morgan fingerprint density at radius 1 is 1.42 bits per heavy atom. The van der Waals surface area contributed by atoms with E-state index in [9.17, 15) is 4.79 Å². The number of nitrogens with two attached hydrogens (primary N) is 1. The molecule has 3 heterocycles. The number of hydrogen-bond acceptors (Lipinski definition) is 4. The van der Waals surface area contributed by atoms with Crippen LogP contribution in [0.25, 0.3) is 0 Å². The van der Waals surface area contributed by atoms with Gasteiger partial charge in [0.2, 0.25) is 0 Å². The summed E-state index contributed by atoms with van der Waals surface area (Å²) in [5.74, 6) is 1.05. The van der Waals surface area contributed by atoms with E-state index in [1.165, 1.54) is 12.8 Å². The van der Waals surface area contributed by atoms with E-state index in [4.69, 9.17) is 5.73 Å². The van der Waals surface area contributed by atoms with Gasteiger partial charge in [0.15, 0.2) is 0 Å². The van der Waals surface area contributed by atoms with E-state index in [1.807, 2.05) is 12.1 Å². The van der Waals surface area contributed by atoms with Gasteiger partial charge in [-0.1, -0.05) is 6.07 Å². The largest absolute Gasteiger partial charge is 0.383 e. The minimum atomic E-state index is 0.216. The lowest BCUT2D eigenvalue weighted by Crippen LogP contribution is -2.42. The molecule has 2 unspecified atom stereocenters. The fourth-order valence-electron chi connectivity index (χ4n) is 3.61. The lowest BCUT2D eigenvalue weighted by atomic mass is 9.85. The number of hydrogen-bond donors (Lipinski definition) is 1. The highest BCUT2D eigenvalue weighted by molar-refractivity contribution is 5.84. The number of anilines is 1. The molecule has 2 atom stereocenters. The van der Waals surface area contributed by atoms with E-state index < -0.39 is 0 Å². The highest BCUT2D eigenvalue weighted by Crippen LogP contribution is 2.38. The molecule has 19 heavy (non-hydrogen) atoms. The average Bonchev–Trinajstić information content (AvgIpc) is 2.64. The maximum atomic E-state index is 12.4. The third-order valence-corrected chi connectivity index (χ3v) is 4.84. The van der Waals surface area contributed by atoms with Gasteiger partial charge in [-0.3, -0.25) is 4.79 Å². The van der Waals surface area contributed by atoms with E-state index in [0.717, 1.165) is 18.4 Å². The first-order chi connectivity index (χ1) is 9.15. The highest BCUT2D eigenvalue weighted by atomic mass is 16.1. The number of pyridine rings is 1. The number of nitrogens with zero attached hydrogens (tertiary/aromatic N) is 2. The molecule has 1 aromatic rings. The van der Waals surface area contributed by atoms with Gasteiger partial charge < -0.3 is 10.6 Å². The molecule has 0 spiro atoms. The number of aromatic nitrogens is 1. The number of nitrogen functional groups attached to an aromatic ring is 1. The average molecular weight is 259 g/mol. The van der Waals surface area contributed by atoms with Crippen LogP contribution < -0.4 is 5.73 Å². The quantitative estimate of drug-likeness (QED) is 0.896. The monoisotopic (exact) mass is 259 g/mol. The molecule has 4 nitrogen and oxygen atoms in total. The third-order valence-electron chi connectivity index (χ3n) is 4.84. The van der Waals surface area contributed by atoms with Crippen molar-refractivity contribution in [3.63, 3.8) is 0 Å². The van der Waals surface area contributed by atoms with Crippen LogP contribution in [0.1, 0.15) is 31.2 Å². The van der Waals surface area contributed by atoms with Gasteiger partial charge in [-0.15, -0.1) is 0 Å². The smallest absolute Gasteiger partial charge is 0.140 e. The van der Waals surface area contributed by atoms with E-state index in [1.54, 1.807) is 6.20 Å². The Bertz CT molecular complexity index is 474. The molecule has 2 N–H and O–H groups in total. The minimum absolute atomic E-state index is 0.216. The molecule has 4 heteroatoms. The number of piperidine rings is 1. The molecule has 0 aliphatic carbocycles. The number of carbonyl (C=O) groups is 1. The second-order valence-corrected chi connectivity index (χ2v) is 5.91. The SMILES string of the molecule is CN1C2CCC1CC(C(=O)Cc1cccnc1N)C2. The van der Waals surface area contributed by atoms with Crippen molar-refractivity contribution < 1.29 is 4.79 Å². The van der Waals surface area contributed by atoms with Crippen LogP contribution in [0.4, 0.5) is 5.82 Å². The van der Waals surface area contributed by atoms with Gasteiger partial charge in [-0.05, 0) is 38.8 Å². The lowest BCUT2D eigenvalue weighted by molar-refractivity contribution is -0.124. The van der Waals surface area contributed by atoms with Crippen molar-refractivity contribution in [2.45, 2.75) is 44.2 Å². The molecule has 2 saturated heterocycles. The van der Waals surface area contributed by atoms with Crippen molar-refractivity contribution in [3.05, 3.63) is 23.9 Å². The summed E-state index contributed by atoms with van der Waals surface area (Å²) < 4.78 is 0. The number of ketones is 1.